The van der Waals surface area contributed by atoms with E-state index in [1.165, 1.54) is 36.4 Å². The van der Waals surface area contributed by atoms with Crippen LogP contribution in [0, 0.1) is 16.5 Å². The molecule has 1 fully saturated rings. The van der Waals surface area contributed by atoms with E-state index in [0.717, 1.165) is 23.9 Å². The van der Waals surface area contributed by atoms with E-state index >= 15 is 0 Å². The van der Waals surface area contributed by atoms with Gasteiger partial charge in [0.05, 0.1) is 32.7 Å². The molecule has 13 nitrogen and oxygen atoms in total. The number of alkyl halides is 3. The molecular weight excluding hydrogens is 712 g/mol. The molecular formula is C33H26F3N7O6S2. The van der Waals surface area contributed by atoms with Gasteiger partial charge in [0, 0.05) is 31.5 Å². The minimum Gasteiger partial charge on any atom is -0.451 e. The van der Waals surface area contributed by atoms with Crippen LogP contribution in [0.15, 0.2) is 105 Å². The molecule has 0 saturated carbocycles. The fraction of sp³-hybridized carbons (Fsp3) is 0.212. The van der Waals surface area contributed by atoms with E-state index in [9.17, 15) is 36.9 Å². The zero-order valence-electron chi connectivity index (χ0n) is 26.3. The van der Waals surface area contributed by atoms with Crippen molar-refractivity contribution in [3.05, 3.63) is 101 Å². The lowest BCUT2D eigenvalue weighted by atomic mass is 10.0. The molecule has 18 heteroatoms. The fourth-order valence-electron chi connectivity index (χ4n) is 5.35. The average Bonchev–Trinajstić information content (AvgIpc) is 3.51. The van der Waals surface area contributed by atoms with E-state index < -0.39 is 44.5 Å². The van der Waals surface area contributed by atoms with Crippen LogP contribution in [0.4, 0.5) is 24.7 Å². The summed E-state index contributed by atoms with van der Waals surface area (Å²) in [5, 5.41) is 27.8. The summed E-state index contributed by atoms with van der Waals surface area (Å²) in [4.78, 5) is 23.4. The Balaban J connectivity index is 1.21. The highest BCUT2D eigenvalue weighted by Gasteiger charge is 2.38. The summed E-state index contributed by atoms with van der Waals surface area (Å²) in [7, 11) is -4.32. The predicted molar refractivity (Wildman–Crippen MR) is 176 cm³/mol. The van der Waals surface area contributed by atoms with Gasteiger partial charge in [0.15, 0.2) is 11.0 Å². The molecule has 0 radical (unpaired) electrons. The number of aromatic nitrogens is 4. The zero-order chi connectivity index (χ0) is 36.2. The monoisotopic (exact) mass is 737 g/mol. The summed E-state index contributed by atoms with van der Waals surface area (Å²) in [5.74, 6) is -1.26. The predicted octanol–water partition coefficient (Wildman–Crippen LogP) is 5.27. The number of benzene rings is 3. The van der Waals surface area contributed by atoms with Gasteiger partial charge in [-0.25, -0.2) is 18.4 Å². The number of sulfone groups is 1. The van der Waals surface area contributed by atoms with Crippen molar-refractivity contribution in [3.8, 4) is 23.2 Å². The Morgan fingerprint density at radius 1 is 1.04 bits per heavy atom. The van der Waals surface area contributed by atoms with Crippen LogP contribution in [0.5, 0.6) is 5.88 Å². The van der Waals surface area contributed by atoms with Crippen LogP contribution in [0.1, 0.15) is 24.0 Å². The summed E-state index contributed by atoms with van der Waals surface area (Å²) in [5.41, 5.74) is -0.305. The smallest absolute Gasteiger partial charge is 0.418 e. The molecule has 0 aliphatic carbocycles. The minimum atomic E-state index is -4.67. The van der Waals surface area contributed by atoms with E-state index in [1.807, 2.05) is 4.90 Å². The molecule has 3 heterocycles. The van der Waals surface area contributed by atoms with Crippen molar-refractivity contribution in [2.75, 3.05) is 29.1 Å². The molecule has 1 N–H and O–H groups in total. The lowest BCUT2D eigenvalue weighted by Gasteiger charge is -2.32. The number of halogens is 3. The normalized spacial score (nSPS) is 13.8. The van der Waals surface area contributed by atoms with E-state index in [2.05, 4.69) is 31.1 Å². The van der Waals surface area contributed by atoms with Crippen molar-refractivity contribution in [1.82, 2.24) is 15.1 Å². The molecule has 0 spiro atoms. The minimum absolute atomic E-state index is 0.110. The molecule has 2 aromatic heterocycles. The number of rotatable bonds is 10. The first-order valence-electron chi connectivity index (χ1n) is 15.2. The van der Waals surface area contributed by atoms with Crippen LogP contribution >= 0.6 is 11.8 Å². The van der Waals surface area contributed by atoms with Gasteiger partial charge < -0.3 is 20.2 Å². The second kappa shape index (κ2) is 14.7. The maximum Gasteiger partial charge on any atom is 0.418 e. The van der Waals surface area contributed by atoms with Crippen molar-refractivity contribution < 1.29 is 40.7 Å². The van der Waals surface area contributed by atoms with Gasteiger partial charge >= 0.3 is 17.1 Å². The summed E-state index contributed by atoms with van der Waals surface area (Å²) in [6.07, 6.45) is -4.65. The summed E-state index contributed by atoms with van der Waals surface area (Å²) < 4.78 is 77.2. The van der Waals surface area contributed by atoms with Crippen molar-refractivity contribution in [2.45, 2.75) is 40.2 Å². The van der Waals surface area contributed by atoms with Gasteiger partial charge in [0.2, 0.25) is 5.91 Å². The van der Waals surface area contributed by atoms with E-state index in [-0.39, 0.29) is 50.9 Å². The van der Waals surface area contributed by atoms with Crippen LogP contribution in [0.25, 0.3) is 11.3 Å². The van der Waals surface area contributed by atoms with E-state index in [4.69, 9.17) is 4.74 Å². The molecule has 1 saturated heterocycles. The summed E-state index contributed by atoms with van der Waals surface area (Å²) in [6, 6.07) is 22.9. The van der Waals surface area contributed by atoms with Crippen molar-refractivity contribution in [3.63, 3.8) is 0 Å². The Bertz CT molecular complexity index is 2190. The van der Waals surface area contributed by atoms with Gasteiger partial charge in [0.1, 0.15) is 17.7 Å². The topological polar surface area (TPSA) is 178 Å². The maximum absolute atomic E-state index is 13.5. The standard InChI is InChI=1S/C33H26F3N7O6S2/c34-33(35,36)25-13-7-8-14-26(25)38-27(44)20-50-32-39-28(21-9-3-1-4-10-21)24(19-37)29(40-32)42-17-15-22(16-18-42)48-30-31(43(45)49-41-30)51(46,47)23-11-5-2-6-12-23/h1-14,22H,15-18,20H2,(H,38,44). The number of carbonyl (C=O) groups is 1. The van der Waals surface area contributed by atoms with Gasteiger partial charge in [-0.1, -0.05) is 72.4 Å². The molecule has 1 aliphatic rings. The number of anilines is 2. The fourth-order valence-corrected chi connectivity index (χ4v) is 7.28. The zero-order valence-corrected chi connectivity index (χ0v) is 27.9. The third kappa shape index (κ3) is 7.74. The number of hydrogen-bond donors (Lipinski definition) is 1. The van der Waals surface area contributed by atoms with Crippen LogP contribution in [0.2, 0.25) is 0 Å². The first kappa shape index (κ1) is 35.2. The number of ether oxygens (including phenoxy) is 1. The number of nitrogens with zero attached hydrogens (tertiary/aromatic N) is 6. The van der Waals surface area contributed by atoms with Crippen LogP contribution < -0.4 is 19.9 Å². The van der Waals surface area contributed by atoms with Crippen molar-refractivity contribution >= 4 is 39.0 Å². The first-order valence-corrected chi connectivity index (χ1v) is 17.7. The van der Waals surface area contributed by atoms with Gasteiger partial charge in [-0.2, -0.15) is 18.4 Å². The Kier molecular flexibility index (Phi) is 10.1. The average molecular weight is 738 g/mol. The largest absolute Gasteiger partial charge is 0.451 e. The van der Waals surface area contributed by atoms with Crippen LogP contribution in [0.3, 0.4) is 0 Å². The molecule has 3 aromatic carbocycles. The lowest BCUT2D eigenvalue weighted by Crippen LogP contribution is -2.39. The number of nitrogens with one attached hydrogen (secondary N) is 1. The third-order valence-electron chi connectivity index (χ3n) is 7.74. The number of thioether (sulfide) groups is 1. The Hall–Kier alpha value is -5.67. The molecule has 5 aromatic rings. The number of piperidine rings is 1. The second-order valence-corrected chi connectivity index (χ2v) is 13.9. The van der Waals surface area contributed by atoms with Gasteiger partial charge in [-0.3, -0.25) is 9.42 Å². The quantitative estimate of drug-likeness (QED) is 0.112. The number of amides is 1. The Morgan fingerprint density at radius 2 is 1.69 bits per heavy atom. The summed E-state index contributed by atoms with van der Waals surface area (Å²) in [6.45, 7) is 0.554. The van der Waals surface area contributed by atoms with E-state index in [0.29, 0.717) is 24.1 Å². The molecule has 262 valence electrons. The van der Waals surface area contributed by atoms with Gasteiger partial charge in [-0.15, -0.1) is 0 Å². The Morgan fingerprint density at radius 3 is 2.35 bits per heavy atom. The highest BCUT2D eigenvalue weighted by Crippen LogP contribution is 2.36. The van der Waals surface area contributed by atoms with Crippen LogP contribution in [-0.4, -0.2) is 54.4 Å². The van der Waals surface area contributed by atoms with Gasteiger partial charge in [-0.05, 0) is 29.2 Å². The third-order valence-corrected chi connectivity index (χ3v) is 10.3. The molecule has 1 aliphatic heterocycles. The molecule has 0 atom stereocenters. The van der Waals surface area contributed by atoms with Crippen molar-refractivity contribution in [2.24, 2.45) is 0 Å². The van der Waals surface area contributed by atoms with E-state index in [1.54, 1.807) is 36.4 Å². The second-order valence-electron chi connectivity index (χ2n) is 11.1. The highest BCUT2D eigenvalue weighted by atomic mass is 32.2. The highest BCUT2D eigenvalue weighted by molar-refractivity contribution is 7.99. The lowest BCUT2D eigenvalue weighted by molar-refractivity contribution is -0.832. The van der Waals surface area contributed by atoms with Gasteiger partial charge in [0.25, 0.3) is 9.84 Å². The molecule has 0 unspecified atom stereocenters. The first-order chi connectivity index (χ1) is 24.5. The Labute approximate surface area is 293 Å². The molecule has 0 bridgehead atoms. The van der Waals surface area contributed by atoms with Crippen LogP contribution in [-0.2, 0) is 20.8 Å². The number of para-hydroxylation sites is 1. The SMILES string of the molecule is N#Cc1c(-c2ccccc2)nc(SCC(=O)Nc2ccccc2C(F)(F)F)nc1N1CCC(Oc2no[n+]([O-])c2S(=O)(=O)c2ccccc2)CC1. The van der Waals surface area contributed by atoms with Crippen molar-refractivity contribution in [1.29, 1.82) is 5.26 Å². The number of hydrogen-bond acceptors (Lipinski definition) is 12. The molecule has 1 amide bonds. The number of nitriles is 1. The molecule has 6 rings (SSSR count). The molecule has 51 heavy (non-hydrogen) atoms. The summed E-state index contributed by atoms with van der Waals surface area (Å²) >= 11 is 0.890. The number of carbonyl (C=O) groups excluding carboxylic acids is 1. The maximum atomic E-state index is 13.5.